The highest BCUT2D eigenvalue weighted by Gasteiger charge is 2.22. The molecule has 1 amide bonds. The smallest absolute Gasteiger partial charge is 0.221 e. The van der Waals surface area contributed by atoms with Crippen molar-refractivity contribution in [3.63, 3.8) is 0 Å². The molecule has 0 aromatic rings. The summed E-state index contributed by atoms with van der Waals surface area (Å²) in [5.74, 6) is 3.00. The molecule has 2 rings (SSSR count). The Morgan fingerprint density at radius 2 is 2.38 bits per heavy atom. The minimum Gasteiger partial charge on any atom is -0.374 e. The standard InChI is InChI=1S/C15H29N3O2S/c1-12(2)9-18-4-5-20-14(10-18)8-17-15(19)7-13-11-21-6-3-16-13/h12-14,16H,3-11H2,1-2H3,(H,17,19). The van der Waals surface area contributed by atoms with Gasteiger partial charge in [-0.25, -0.2) is 0 Å². The first-order chi connectivity index (χ1) is 10.1. The van der Waals surface area contributed by atoms with Gasteiger partial charge in [-0.1, -0.05) is 13.8 Å². The third kappa shape index (κ3) is 6.55. The molecule has 5 nitrogen and oxygen atoms in total. The SMILES string of the molecule is CC(C)CN1CCOC(CNC(=O)CC2CSCCN2)C1. The van der Waals surface area contributed by atoms with Crippen LogP contribution in [0.3, 0.4) is 0 Å². The Kier molecular flexibility index (Phi) is 7.29. The lowest BCUT2D eigenvalue weighted by molar-refractivity contribution is -0.122. The van der Waals surface area contributed by atoms with Gasteiger partial charge in [0.25, 0.3) is 0 Å². The fourth-order valence-corrected chi connectivity index (χ4v) is 3.81. The third-order valence-corrected chi connectivity index (χ3v) is 4.93. The maximum Gasteiger partial charge on any atom is 0.221 e. The molecular formula is C15H29N3O2S. The van der Waals surface area contributed by atoms with Gasteiger partial charge in [0.2, 0.25) is 5.91 Å². The van der Waals surface area contributed by atoms with Crippen molar-refractivity contribution in [2.45, 2.75) is 32.4 Å². The van der Waals surface area contributed by atoms with Crippen molar-refractivity contribution in [3.8, 4) is 0 Å². The van der Waals surface area contributed by atoms with E-state index in [2.05, 4.69) is 29.4 Å². The van der Waals surface area contributed by atoms with Crippen molar-refractivity contribution in [2.75, 3.05) is 50.8 Å². The summed E-state index contributed by atoms with van der Waals surface area (Å²) in [6.07, 6.45) is 0.713. The van der Waals surface area contributed by atoms with Gasteiger partial charge in [-0.15, -0.1) is 0 Å². The largest absolute Gasteiger partial charge is 0.374 e. The molecule has 2 unspecified atom stereocenters. The zero-order valence-corrected chi connectivity index (χ0v) is 14.1. The summed E-state index contributed by atoms with van der Waals surface area (Å²) in [5.41, 5.74) is 0. The number of amides is 1. The Balaban J connectivity index is 1.63. The highest BCUT2D eigenvalue weighted by atomic mass is 32.2. The van der Waals surface area contributed by atoms with Crippen LogP contribution in [-0.4, -0.2) is 73.8 Å². The lowest BCUT2D eigenvalue weighted by Gasteiger charge is -2.34. The second-order valence-electron chi connectivity index (χ2n) is 6.38. The van der Waals surface area contributed by atoms with Gasteiger partial charge in [-0.05, 0) is 5.92 Å². The normalized spacial score (nSPS) is 27.8. The van der Waals surface area contributed by atoms with E-state index in [-0.39, 0.29) is 12.0 Å². The topological polar surface area (TPSA) is 53.6 Å². The fourth-order valence-electron chi connectivity index (χ4n) is 2.86. The van der Waals surface area contributed by atoms with E-state index in [4.69, 9.17) is 4.74 Å². The van der Waals surface area contributed by atoms with E-state index < -0.39 is 0 Å². The Bertz CT molecular complexity index is 322. The first kappa shape index (κ1) is 17.1. The van der Waals surface area contributed by atoms with E-state index in [9.17, 15) is 4.79 Å². The summed E-state index contributed by atoms with van der Waals surface area (Å²) in [5, 5.41) is 6.43. The second-order valence-corrected chi connectivity index (χ2v) is 7.53. The maximum atomic E-state index is 12.0. The van der Waals surface area contributed by atoms with Crippen molar-refractivity contribution >= 4 is 17.7 Å². The predicted octanol–water partition coefficient (Wildman–Crippen LogP) is 0.555. The van der Waals surface area contributed by atoms with E-state index in [1.54, 1.807) is 0 Å². The van der Waals surface area contributed by atoms with Crippen LogP contribution < -0.4 is 10.6 Å². The molecule has 2 atom stereocenters. The highest BCUT2D eigenvalue weighted by molar-refractivity contribution is 7.99. The number of hydrogen-bond donors (Lipinski definition) is 2. The summed E-state index contributed by atoms with van der Waals surface area (Å²) in [4.78, 5) is 14.4. The fraction of sp³-hybridized carbons (Fsp3) is 0.933. The van der Waals surface area contributed by atoms with Gasteiger partial charge in [0.1, 0.15) is 0 Å². The number of hydrogen-bond acceptors (Lipinski definition) is 5. The van der Waals surface area contributed by atoms with Crippen LogP contribution in [0.15, 0.2) is 0 Å². The maximum absolute atomic E-state index is 12.0. The molecule has 0 radical (unpaired) electrons. The molecule has 21 heavy (non-hydrogen) atoms. The quantitative estimate of drug-likeness (QED) is 0.750. The first-order valence-electron chi connectivity index (χ1n) is 8.05. The molecule has 0 saturated carbocycles. The van der Waals surface area contributed by atoms with E-state index in [0.717, 1.165) is 44.3 Å². The molecular weight excluding hydrogens is 286 g/mol. The predicted molar refractivity (Wildman–Crippen MR) is 87.8 cm³/mol. The molecule has 2 aliphatic heterocycles. The number of carbonyl (C=O) groups is 1. The molecule has 2 saturated heterocycles. The van der Waals surface area contributed by atoms with Crippen LogP contribution in [0.25, 0.3) is 0 Å². The van der Waals surface area contributed by atoms with Gasteiger partial charge >= 0.3 is 0 Å². The van der Waals surface area contributed by atoms with Gasteiger partial charge in [0, 0.05) is 56.7 Å². The molecule has 0 aromatic carbocycles. The number of thioether (sulfide) groups is 1. The van der Waals surface area contributed by atoms with Crippen LogP contribution in [0.4, 0.5) is 0 Å². The Labute approximate surface area is 132 Å². The van der Waals surface area contributed by atoms with Crippen molar-refractivity contribution in [2.24, 2.45) is 5.92 Å². The molecule has 2 aliphatic rings. The van der Waals surface area contributed by atoms with Crippen LogP contribution in [0.5, 0.6) is 0 Å². The van der Waals surface area contributed by atoms with Gasteiger partial charge in [-0.3, -0.25) is 9.69 Å². The van der Waals surface area contributed by atoms with Crippen molar-refractivity contribution in [3.05, 3.63) is 0 Å². The average molecular weight is 315 g/mol. The van der Waals surface area contributed by atoms with E-state index in [1.165, 1.54) is 0 Å². The van der Waals surface area contributed by atoms with Crippen LogP contribution in [0.1, 0.15) is 20.3 Å². The van der Waals surface area contributed by atoms with Crippen LogP contribution >= 0.6 is 11.8 Å². The highest BCUT2D eigenvalue weighted by Crippen LogP contribution is 2.10. The number of morpholine rings is 1. The first-order valence-corrected chi connectivity index (χ1v) is 9.20. The van der Waals surface area contributed by atoms with Crippen LogP contribution in [0, 0.1) is 5.92 Å². The minimum atomic E-state index is 0.134. The van der Waals surface area contributed by atoms with Crippen molar-refractivity contribution in [1.82, 2.24) is 15.5 Å². The molecule has 0 aliphatic carbocycles. The summed E-state index contributed by atoms with van der Waals surface area (Å²) in [6.45, 7) is 9.93. The van der Waals surface area contributed by atoms with Crippen LogP contribution in [0.2, 0.25) is 0 Å². The Hall–Kier alpha value is -0.300. The molecule has 2 N–H and O–H groups in total. The van der Waals surface area contributed by atoms with Gasteiger partial charge in [0.15, 0.2) is 0 Å². The number of rotatable bonds is 6. The van der Waals surface area contributed by atoms with E-state index >= 15 is 0 Å². The van der Waals surface area contributed by atoms with Crippen LogP contribution in [-0.2, 0) is 9.53 Å². The summed E-state index contributed by atoms with van der Waals surface area (Å²) >= 11 is 1.92. The summed E-state index contributed by atoms with van der Waals surface area (Å²) in [7, 11) is 0. The zero-order valence-electron chi connectivity index (χ0n) is 13.3. The number of nitrogens with one attached hydrogen (secondary N) is 2. The monoisotopic (exact) mass is 315 g/mol. The number of carbonyl (C=O) groups excluding carboxylic acids is 1. The molecule has 122 valence electrons. The van der Waals surface area contributed by atoms with E-state index in [0.29, 0.717) is 24.9 Å². The van der Waals surface area contributed by atoms with Gasteiger partial charge in [-0.2, -0.15) is 11.8 Å². The number of nitrogens with zero attached hydrogens (tertiary/aromatic N) is 1. The molecule has 2 fully saturated rings. The Morgan fingerprint density at radius 1 is 1.52 bits per heavy atom. The second kappa shape index (κ2) is 8.98. The minimum absolute atomic E-state index is 0.134. The third-order valence-electron chi connectivity index (χ3n) is 3.80. The van der Waals surface area contributed by atoms with Gasteiger partial charge < -0.3 is 15.4 Å². The van der Waals surface area contributed by atoms with Crippen molar-refractivity contribution in [1.29, 1.82) is 0 Å². The number of ether oxygens (including phenoxy) is 1. The van der Waals surface area contributed by atoms with Crippen molar-refractivity contribution < 1.29 is 9.53 Å². The molecule has 0 bridgehead atoms. The lowest BCUT2D eigenvalue weighted by Crippen LogP contribution is -2.49. The Morgan fingerprint density at radius 3 is 3.10 bits per heavy atom. The zero-order chi connectivity index (χ0) is 15.1. The molecule has 6 heteroatoms. The van der Waals surface area contributed by atoms with Gasteiger partial charge in [0.05, 0.1) is 12.7 Å². The summed E-state index contributed by atoms with van der Waals surface area (Å²) < 4.78 is 5.75. The molecule has 0 spiro atoms. The molecule has 0 aromatic heterocycles. The summed E-state index contributed by atoms with van der Waals surface area (Å²) in [6, 6.07) is 0.327. The lowest BCUT2D eigenvalue weighted by atomic mass is 10.1. The van der Waals surface area contributed by atoms with E-state index in [1.807, 2.05) is 11.8 Å². The molecule has 2 heterocycles. The average Bonchev–Trinajstić information content (AvgIpc) is 2.46.